The predicted molar refractivity (Wildman–Crippen MR) is 173 cm³/mol. The minimum atomic E-state index is -3.71. The van der Waals surface area contributed by atoms with Gasteiger partial charge in [0.25, 0.3) is 0 Å². The van der Waals surface area contributed by atoms with Crippen LogP contribution in [0.3, 0.4) is 0 Å². The first-order valence-corrected chi connectivity index (χ1v) is 21.2. The van der Waals surface area contributed by atoms with Gasteiger partial charge in [-0.25, -0.2) is 0 Å². The first-order valence-electron chi connectivity index (χ1n) is 16.9. The van der Waals surface area contributed by atoms with Crippen molar-refractivity contribution in [3.05, 3.63) is 0 Å². The van der Waals surface area contributed by atoms with Gasteiger partial charge in [0.1, 0.15) is 0 Å². The molecule has 0 aliphatic rings. The van der Waals surface area contributed by atoms with Crippen LogP contribution in [0.2, 0.25) is 0 Å². The Morgan fingerprint density at radius 3 is 1.11 bits per heavy atom. The Labute approximate surface area is 240 Å². The van der Waals surface area contributed by atoms with Crippen molar-refractivity contribution in [1.82, 2.24) is 0 Å². The van der Waals surface area contributed by atoms with Crippen molar-refractivity contribution in [2.45, 2.75) is 158 Å². The van der Waals surface area contributed by atoms with Crippen LogP contribution < -0.4 is 0 Å². The molecule has 0 rings (SSSR count). The SMILES string of the molecule is CCCCC(CC)COP(=O)(OCC(CC)CCCC)OP(CCCC)(CCCC)(CCCC)CCCC. The number of unbranched alkanes of at least 4 members (excludes halogenated alkanes) is 6. The Hall–Kier alpha value is 0.540. The topological polar surface area (TPSA) is 44.8 Å². The summed E-state index contributed by atoms with van der Waals surface area (Å²) in [5.74, 6) is 0.808. The zero-order valence-corrected chi connectivity index (χ0v) is 29.0. The Kier molecular flexibility index (Phi) is 22.5. The van der Waals surface area contributed by atoms with Crippen LogP contribution in [0.5, 0.6) is 0 Å². The van der Waals surface area contributed by atoms with Gasteiger partial charge in [-0.1, -0.05) is 0 Å². The average Bonchev–Trinajstić information content (AvgIpc) is 2.93. The van der Waals surface area contributed by atoms with Crippen LogP contribution in [0.15, 0.2) is 0 Å². The van der Waals surface area contributed by atoms with Gasteiger partial charge in [0.15, 0.2) is 0 Å². The van der Waals surface area contributed by atoms with Crippen LogP contribution in [0.25, 0.3) is 0 Å². The number of phosphoric ester groups is 1. The third kappa shape index (κ3) is 15.0. The van der Waals surface area contributed by atoms with Crippen LogP contribution >= 0.6 is 14.7 Å². The van der Waals surface area contributed by atoms with Crippen molar-refractivity contribution in [2.75, 3.05) is 37.9 Å². The molecule has 0 fully saturated rings. The van der Waals surface area contributed by atoms with Gasteiger partial charge in [0, 0.05) is 0 Å². The minimum absolute atomic E-state index is 0.404. The second-order valence-corrected chi connectivity index (χ2v) is 19.7. The summed E-state index contributed by atoms with van der Waals surface area (Å²) in [5, 5.41) is 0. The maximum absolute atomic E-state index is 14.8. The van der Waals surface area contributed by atoms with E-state index in [0.29, 0.717) is 25.0 Å². The van der Waals surface area contributed by atoms with E-state index in [1.807, 2.05) is 0 Å². The van der Waals surface area contributed by atoms with E-state index >= 15 is 0 Å². The fourth-order valence-electron chi connectivity index (χ4n) is 5.62. The third-order valence-corrected chi connectivity index (χ3v) is 18.0. The predicted octanol–water partition coefficient (Wildman–Crippen LogP) is 12.2. The van der Waals surface area contributed by atoms with Crippen LogP contribution in [-0.4, -0.2) is 37.9 Å². The van der Waals surface area contributed by atoms with Gasteiger partial charge in [0.05, 0.1) is 0 Å². The standard InChI is InChI=1S/C32H70O4P2/c1-9-17-23-31(15-7)29-34-37(33,35-30-32(16-8)24-18-10-2)36-38(25-19-11-3,26-20-12-4,27-21-13-5)28-22-14-6/h31-32H,9-30H2,1-8H3. The van der Waals surface area contributed by atoms with Crippen molar-refractivity contribution in [1.29, 1.82) is 0 Å². The summed E-state index contributed by atoms with van der Waals surface area (Å²) in [5.41, 5.74) is 0. The van der Waals surface area contributed by atoms with E-state index in [1.165, 1.54) is 25.7 Å². The van der Waals surface area contributed by atoms with E-state index in [-0.39, 0.29) is 0 Å². The maximum atomic E-state index is 14.8. The first kappa shape index (κ1) is 38.5. The van der Waals surface area contributed by atoms with Gasteiger partial charge < -0.3 is 0 Å². The van der Waals surface area contributed by atoms with Gasteiger partial charge in [-0.05, 0) is 0 Å². The van der Waals surface area contributed by atoms with Gasteiger partial charge >= 0.3 is 240 Å². The summed E-state index contributed by atoms with van der Waals surface area (Å²) in [4.78, 5) is 0. The average molecular weight is 581 g/mol. The van der Waals surface area contributed by atoms with E-state index in [4.69, 9.17) is 13.4 Å². The summed E-state index contributed by atoms with van der Waals surface area (Å²) in [6.07, 6.45) is 22.4. The van der Waals surface area contributed by atoms with E-state index in [1.54, 1.807) is 0 Å². The summed E-state index contributed by atoms with van der Waals surface area (Å²) in [7, 11) is -3.71. The molecule has 6 heteroatoms. The molecule has 0 bridgehead atoms. The number of rotatable bonds is 28. The van der Waals surface area contributed by atoms with Crippen molar-refractivity contribution >= 4 is 14.7 Å². The molecule has 38 heavy (non-hydrogen) atoms. The molecule has 4 nitrogen and oxygen atoms in total. The molecule has 0 N–H and O–H groups in total. The van der Waals surface area contributed by atoms with E-state index in [9.17, 15) is 4.57 Å². The molecule has 0 aliphatic carbocycles. The second kappa shape index (κ2) is 22.2. The van der Waals surface area contributed by atoms with Crippen LogP contribution in [-0.2, 0) is 17.9 Å². The molecule has 0 aromatic heterocycles. The molecule has 0 amide bonds. The normalized spacial score (nSPS) is 16.6. The molecule has 232 valence electrons. The Balaban J connectivity index is 6.43. The van der Waals surface area contributed by atoms with Crippen molar-refractivity contribution in [2.24, 2.45) is 11.8 Å². The molecule has 2 atom stereocenters. The summed E-state index contributed by atoms with van der Waals surface area (Å²) >= 11 is 0. The molecule has 0 spiro atoms. The first-order chi connectivity index (χ1) is 18.2. The fraction of sp³-hybridized carbons (Fsp3) is 1.00. The van der Waals surface area contributed by atoms with Crippen molar-refractivity contribution in [3.8, 4) is 0 Å². The summed E-state index contributed by atoms with van der Waals surface area (Å²) < 4.78 is 34.9. The molecule has 0 saturated carbocycles. The van der Waals surface area contributed by atoms with Gasteiger partial charge in [0.2, 0.25) is 0 Å². The number of hydrogen-bond acceptors (Lipinski definition) is 4. The Morgan fingerprint density at radius 1 is 0.526 bits per heavy atom. The molecular weight excluding hydrogens is 510 g/mol. The molecule has 0 aromatic carbocycles. The molecule has 0 aromatic rings. The molecule has 2 unspecified atom stereocenters. The zero-order chi connectivity index (χ0) is 28.8. The second-order valence-electron chi connectivity index (χ2n) is 12.1. The van der Waals surface area contributed by atoms with E-state index in [0.717, 1.165) is 102 Å². The van der Waals surface area contributed by atoms with Gasteiger partial charge in [-0.15, -0.1) is 0 Å². The monoisotopic (exact) mass is 580 g/mol. The molecule has 0 aliphatic heterocycles. The van der Waals surface area contributed by atoms with E-state index in [2.05, 4.69) is 55.4 Å². The van der Waals surface area contributed by atoms with E-state index < -0.39 is 14.7 Å². The number of phosphoric acid groups is 1. The third-order valence-electron chi connectivity index (χ3n) is 8.66. The zero-order valence-electron chi connectivity index (χ0n) is 27.2. The van der Waals surface area contributed by atoms with Crippen molar-refractivity contribution < 1.29 is 17.9 Å². The molecular formula is C32H70O4P2. The molecule has 0 radical (unpaired) electrons. The summed E-state index contributed by atoms with van der Waals surface area (Å²) in [6.45, 7) is 16.2. The van der Waals surface area contributed by atoms with Gasteiger partial charge in [-0.3, -0.25) is 0 Å². The Bertz CT molecular complexity index is 530. The van der Waals surface area contributed by atoms with Crippen molar-refractivity contribution in [3.63, 3.8) is 0 Å². The van der Waals surface area contributed by atoms with Crippen LogP contribution in [0, 0.1) is 11.8 Å². The number of hydrogen-bond donors (Lipinski definition) is 0. The fourth-order valence-corrected chi connectivity index (χ4v) is 16.2. The molecule has 0 heterocycles. The van der Waals surface area contributed by atoms with Crippen LogP contribution in [0.1, 0.15) is 158 Å². The quantitative estimate of drug-likeness (QED) is 0.0863. The van der Waals surface area contributed by atoms with Gasteiger partial charge in [-0.2, -0.15) is 0 Å². The summed E-state index contributed by atoms with van der Waals surface area (Å²) in [6, 6.07) is 0. The molecule has 0 saturated heterocycles. The Morgan fingerprint density at radius 2 is 0.842 bits per heavy atom. The van der Waals surface area contributed by atoms with Crippen LogP contribution in [0.4, 0.5) is 0 Å².